The van der Waals surface area contributed by atoms with E-state index in [2.05, 4.69) is 22.9 Å². The van der Waals surface area contributed by atoms with Crippen LogP contribution in [0.4, 0.5) is 0 Å². The molecule has 20 heavy (non-hydrogen) atoms. The van der Waals surface area contributed by atoms with Crippen molar-refractivity contribution in [1.29, 1.82) is 0 Å². The number of hydrogen-bond donors (Lipinski definition) is 0. The monoisotopic (exact) mass is 278 g/mol. The molecule has 2 saturated heterocycles. The number of methoxy groups -OCH3 is 1. The Hall–Kier alpha value is -0.840. The van der Waals surface area contributed by atoms with Crippen LogP contribution in [0.3, 0.4) is 0 Å². The summed E-state index contributed by atoms with van der Waals surface area (Å²) >= 11 is 0. The molecule has 4 nitrogen and oxygen atoms in total. The fraction of sp³-hybridized carbons (Fsp3) is 0.750. The summed E-state index contributed by atoms with van der Waals surface area (Å²) in [7, 11) is 4.11. The summed E-state index contributed by atoms with van der Waals surface area (Å²) in [5, 5.41) is 0. The zero-order chi connectivity index (χ0) is 14.0. The fourth-order valence-corrected chi connectivity index (χ4v) is 3.95. The molecule has 0 aromatic carbocycles. The molecular weight excluding hydrogens is 252 g/mol. The Bertz CT molecular complexity index is 410. The quantitative estimate of drug-likeness (QED) is 0.845. The third-order valence-corrected chi connectivity index (χ3v) is 5.37. The van der Waals surface area contributed by atoms with Crippen LogP contribution in [0, 0.1) is 0 Å². The van der Waals surface area contributed by atoms with Crippen LogP contribution in [0.5, 0.6) is 0 Å². The minimum absolute atomic E-state index is 0.427. The van der Waals surface area contributed by atoms with E-state index in [0.717, 1.165) is 13.2 Å². The minimum Gasteiger partial charge on any atom is -0.472 e. The largest absolute Gasteiger partial charge is 0.472 e. The highest BCUT2D eigenvalue weighted by Crippen LogP contribution is 2.40. The summed E-state index contributed by atoms with van der Waals surface area (Å²) in [5.41, 5.74) is 1.72. The van der Waals surface area contributed by atoms with Crippen molar-refractivity contribution in [2.75, 3.05) is 33.9 Å². The van der Waals surface area contributed by atoms with Gasteiger partial charge in [-0.05, 0) is 38.8 Å². The van der Waals surface area contributed by atoms with Crippen LogP contribution >= 0.6 is 0 Å². The van der Waals surface area contributed by atoms with E-state index in [1.807, 2.05) is 13.4 Å². The van der Waals surface area contributed by atoms with E-state index in [-0.39, 0.29) is 0 Å². The molecule has 2 aliphatic heterocycles. The van der Waals surface area contributed by atoms with Crippen LogP contribution < -0.4 is 0 Å². The second-order valence-corrected chi connectivity index (χ2v) is 6.39. The number of rotatable bonds is 4. The average Bonchev–Trinajstić information content (AvgIpc) is 3.06. The Kier molecular flexibility index (Phi) is 4.15. The number of furan rings is 1. The average molecular weight is 278 g/mol. The van der Waals surface area contributed by atoms with Crippen LogP contribution in [0.25, 0.3) is 0 Å². The molecule has 112 valence electrons. The number of likely N-dealkylation sites (tertiary alicyclic amines) is 2. The maximum Gasteiger partial charge on any atom is 0.0947 e. The summed E-state index contributed by atoms with van der Waals surface area (Å²) in [4.78, 5) is 5.15. The van der Waals surface area contributed by atoms with Crippen molar-refractivity contribution in [3.05, 3.63) is 24.2 Å². The third kappa shape index (κ3) is 2.65. The van der Waals surface area contributed by atoms with Gasteiger partial charge in [0.15, 0.2) is 0 Å². The zero-order valence-corrected chi connectivity index (χ0v) is 12.7. The highest BCUT2D eigenvalue weighted by atomic mass is 16.5. The maximum atomic E-state index is 5.36. The molecule has 3 rings (SSSR count). The van der Waals surface area contributed by atoms with Crippen LogP contribution in [0.1, 0.15) is 31.2 Å². The molecule has 1 aromatic heterocycles. The fourth-order valence-electron chi connectivity index (χ4n) is 3.95. The van der Waals surface area contributed by atoms with E-state index in [0.29, 0.717) is 11.6 Å². The van der Waals surface area contributed by atoms with Gasteiger partial charge in [0.1, 0.15) is 0 Å². The Morgan fingerprint density at radius 1 is 1.35 bits per heavy atom. The van der Waals surface area contributed by atoms with Gasteiger partial charge in [0, 0.05) is 43.9 Å². The first-order chi connectivity index (χ1) is 9.73. The normalized spacial score (nSPS) is 27.4. The van der Waals surface area contributed by atoms with Crippen molar-refractivity contribution in [3.63, 3.8) is 0 Å². The summed E-state index contributed by atoms with van der Waals surface area (Å²) in [6.07, 6.45) is 8.80. The second kappa shape index (κ2) is 5.88. The van der Waals surface area contributed by atoms with E-state index in [1.165, 1.54) is 44.3 Å². The Morgan fingerprint density at radius 3 is 2.80 bits per heavy atom. The SMILES string of the molecule is COCC1CCC2(CCN(Cc3ccoc3)CC2)N1C. The van der Waals surface area contributed by atoms with Crippen LogP contribution in [0.15, 0.2) is 23.0 Å². The number of piperidine rings is 1. The van der Waals surface area contributed by atoms with Crippen molar-refractivity contribution < 1.29 is 9.15 Å². The predicted molar refractivity (Wildman–Crippen MR) is 78.6 cm³/mol. The maximum absolute atomic E-state index is 5.36. The van der Waals surface area contributed by atoms with Crippen molar-refractivity contribution in [1.82, 2.24) is 9.80 Å². The topological polar surface area (TPSA) is 28.9 Å². The Morgan fingerprint density at radius 2 is 2.15 bits per heavy atom. The van der Waals surface area contributed by atoms with E-state index >= 15 is 0 Å². The molecule has 1 aromatic rings. The Balaban J connectivity index is 1.55. The second-order valence-electron chi connectivity index (χ2n) is 6.39. The number of nitrogens with zero attached hydrogens (tertiary/aromatic N) is 2. The Labute approximate surface area is 121 Å². The van der Waals surface area contributed by atoms with Crippen molar-refractivity contribution in [2.45, 2.75) is 43.8 Å². The van der Waals surface area contributed by atoms with Crippen molar-refractivity contribution in [2.24, 2.45) is 0 Å². The highest BCUT2D eigenvalue weighted by Gasteiger charge is 2.45. The summed E-state index contributed by atoms with van der Waals surface area (Å²) < 4.78 is 10.5. The summed E-state index contributed by atoms with van der Waals surface area (Å²) in [6.45, 7) is 4.28. The number of likely N-dealkylation sites (N-methyl/N-ethyl adjacent to an activating group) is 1. The molecule has 3 heterocycles. The van der Waals surface area contributed by atoms with Crippen LogP contribution in [0.2, 0.25) is 0 Å². The van der Waals surface area contributed by atoms with Gasteiger partial charge in [-0.15, -0.1) is 0 Å². The van der Waals surface area contributed by atoms with Crippen LogP contribution in [-0.2, 0) is 11.3 Å². The minimum atomic E-state index is 0.427. The van der Waals surface area contributed by atoms with E-state index in [9.17, 15) is 0 Å². The van der Waals surface area contributed by atoms with Gasteiger partial charge in [0.2, 0.25) is 0 Å². The molecule has 0 aliphatic carbocycles. The molecule has 0 saturated carbocycles. The lowest BCUT2D eigenvalue weighted by molar-refractivity contribution is 0.0282. The van der Waals surface area contributed by atoms with Crippen molar-refractivity contribution >= 4 is 0 Å². The first-order valence-electron chi connectivity index (χ1n) is 7.69. The number of hydrogen-bond acceptors (Lipinski definition) is 4. The van der Waals surface area contributed by atoms with Gasteiger partial charge >= 0.3 is 0 Å². The molecule has 4 heteroatoms. The third-order valence-electron chi connectivity index (χ3n) is 5.37. The van der Waals surface area contributed by atoms with Gasteiger partial charge in [0.05, 0.1) is 19.1 Å². The van der Waals surface area contributed by atoms with Gasteiger partial charge in [-0.2, -0.15) is 0 Å². The molecule has 0 amide bonds. The first kappa shape index (κ1) is 14.1. The molecule has 0 bridgehead atoms. The molecule has 1 atom stereocenters. The van der Waals surface area contributed by atoms with Gasteiger partial charge in [-0.1, -0.05) is 0 Å². The smallest absolute Gasteiger partial charge is 0.0947 e. The van der Waals surface area contributed by atoms with Crippen molar-refractivity contribution in [3.8, 4) is 0 Å². The van der Waals surface area contributed by atoms with Crippen LogP contribution in [-0.4, -0.2) is 55.2 Å². The molecule has 1 spiro atoms. The highest BCUT2D eigenvalue weighted by molar-refractivity contribution is 5.07. The summed E-state index contributed by atoms with van der Waals surface area (Å²) in [5.74, 6) is 0. The van der Waals surface area contributed by atoms with Gasteiger partial charge < -0.3 is 9.15 Å². The van der Waals surface area contributed by atoms with E-state index in [1.54, 1.807) is 6.26 Å². The molecule has 2 fully saturated rings. The molecule has 0 radical (unpaired) electrons. The molecule has 1 unspecified atom stereocenters. The zero-order valence-electron chi connectivity index (χ0n) is 12.7. The van der Waals surface area contributed by atoms with E-state index in [4.69, 9.17) is 9.15 Å². The lowest BCUT2D eigenvalue weighted by atomic mass is 9.85. The van der Waals surface area contributed by atoms with Gasteiger partial charge in [-0.25, -0.2) is 0 Å². The summed E-state index contributed by atoms with van der Waals surface area (Å²) in [6, 6.07) is 2.68. The lowest BCUT2D eigenvalue weighted by Gasteiger charge is -2.45. The predicted octanol–water partition coefficient (Wildman–Crippen LogP) is 2.35. The first-order valence-corrected chi connectivity index (χ1v) is 7.69. The molecular formula is C16H26N2O2. The molecule has 2 aliphatic rings. The standard InChI is InChI=1S/C16H26N2O2/c1-17-15(13-19-2)3-5-16(17)6-8-18(9-7-16)11-14-4-10-20-12-14/h4,10,12,15H,3,5-9,11,13H2,1-2H3. The lowest BCUT2D eigenvalue weighted by Crippen LogP contribution is -2.52. The molecule has 0 N–H and O–H groups in total. The van der Waals surface area contributed by atoms with Gasteiger partial charge in [-0.3, -0.25) is 9.80 Å². The van der Waals surface area contributed by atoms with E-state index < -0.39 is 0 Å². The van der Waals surface area contributed by atoms with Gasteiger partial charge in [0.25, 0.3) is 0 Å². The number of ether oxygens (including phenoxy) is 1.